The average Bonchev–Trinajstić information content (AvgIpc) is 3.09. The molecule has 0 saturated carbocycles. The molecule has 30 heavy (non-hydrogen) atoms. The van der Waals surface area contributed by atoms with Crippen molar-refractivity contribution in [1.82, 2.24) is 5.32 Å². The monoisotopic (exact) mass is 411 g/mol. The van der Waals surface area contributed by atoms with E-state index in [-0.39, 0.29) is 19.1 Å². The smallest absolute Gasteiger partial charge is 0.407 e. The number of hydrogen-bond donors (Lipinski definition) is 2. The standard InChI is InChI=1S/C23H25NO6/c25-22(26)20(14-29-21-11-5-6-12-28-21)24-23(27)30-13-19-17-9-3-1-7-15(17)16-8-2-4-10-18(16)19/h1-4,7-10,19-21H,5-6,11-14H2,(H,24,27)(H,25,26). The van der Waals surface area contributed by atoms with Gasteiger partial charge in [0.15, 0.2) is 12.3 Å². The molecule has 1 aliphatic carbocycles. The van der Waals surface area contributed by atoms with E-state index in [1.807, 2.05) is 36.4 Å². The predicted molar refractivity (Wildman–Crippen MR) is 109 cm³/mol. The number of alkyl carbamates (subject to hydrolysis) is 1. The van der Waals surface area contributed by atoms with Gasteiger partial charge in [0.2, 0.25) is 0 Å². The van der Waals surface area contributed by atoms with E-state index in [0.717, 1.165) is 41.5 Å². The van der Waals surface area contributed by atoms with Crippen molar-refractivity contribution in [3.8, 4) is 11.1 Å². The molecule has 2 N–H and O–H groups in total. The number of carboxylic acids is 1. The number of benzene rings is 2. The van der Waals surface area contributed by atoms with Crippen LogP contribution >= 0.6 is 0 Å². The molecule has 7 nitrogen and oxygen atoms in total. The summed E-state index contributed by atoms with van der Waals surface area (Å²) >= 11 is 0. The first-order valence-electron chi connectivity index (χ1n) is 10.2. The highest BCUT2D eigenvalue weighted by molar-refractivity contribution is 5.81. The largest absolute Gasteiger partial charge is 0.480 e. The van der Waals surface area contributed by atoms with Crippen molar-refractivity contribution >= 4 is 12.1 Å². The summed E-state index contributed by atoms with van der Waals surface area (Å²) in [6.07, 6.45) is 1.46. The second kappa shape index (κ2) is 9.28. The van der Waals surface area contributed by atoms with E-state index in [1.54, 1.807) is 0 Å². The van der Waals surface area contributed by atoms with Crippen LogP contribution in [0.5, 0.6) is 0 Å². The fraction of sp³-hybridized carbons (Fsp3) is 0.391. The van der Waals surface area contributed by atoms with Gasteiger partial charge in [0.25, 0.3) is 0 Å². The van der Waals surface area contributed by atoms with Gasteiger partial charge in [-0.3, -0.25) is 0 Å². The second-order valence-electron chi connectivity index (χ2n) is 7.49. The summed E-state index contributed by atoms with van der Waals surface area (Å²) in [6.45, 7) is 0.547. The van der Waals surface area contributed by atoms with Crippen molar-refractivity contribution in [2.75, 3.05) is 19.8 Å². The summed E-state index contributed by atoms with van der Waals surface area (Å²) in [5.41, 5.74) is 4.45. The van der Waals surface area contributed by atoms with Gasteiger partial charge in [-0.05, 0) is 41.5 Å². The lowest BCUT2D eigenvalue weighted by Crippen LogP contribution is -2.45. The Kier molecular flexibility index (Phi) is 6.30. The molecule has 0 spiro atoms. The molecule has 1 saturated heterocycles. The van der Waals surface area contributed by atoms with Gasteiger partial charge in [0, 0.05) is 12.5 Å². The second-order valence-corrected chi connectivity index (χ2v) is 7.49. The van der Waals surface area contributed by atoms with Gasteiger partial charge < -0.3 is 24.6 Å². The van der Waals surface area contributed by atoms with Crippen molar-refractivity contribution in [2.24, 2.45) is 0 Å². The zero-order valence-corrected chi connectivity index (χ0v) is 16.6. The third kappa shape index (κ3) is 4.47. The lowest BCUT2D eigenvalue weighted by molar-refractivity contribution is -0.171. The SMILES string of the molecule is O=C(NC(COC1CCCCO1)C(=O)O)OCC1c2ccccc2-c2ccccc21. The molecule has 2 aromatic carbocycles. The first kappa shape index (κ1) is 20.4. The van der Waals surface area contributed by atoms with Crippen molar-refractivity contribution in [3.05, 3.63) is 59.7 Å². The molecule has 2 aromatic rings. The van der Waals surface area contributed by atoms with Crippen molar-refractivity contribution in [1.29, 1.82) is 0 Å². The molecule has 2 atom stereocenters. The maximum Gasteiger partial charge on any atom is 0.407 e. The maximum atomic E-state index is 12.3. The number of carboxylic acid groups (broad SMARTS) is 1. The summed E-state index contributed by atoms with van der Waals surface area (Å²) in [6, 6.07) is 14.9. The zero-order valence-electron chi connectivity index (χ0n) is 16.6. The van der Waals surface area contributed by atoms with Crippen LogP contribution in [0.4, 0.5) is 4.79 Å². The first-order valence-corrected chi connectivity index (χ1v) is 10.2. The van der Waals surface area contributed by atoms with Crippen LogP contribution in [0.3, 0.4) is 0 Å². The Bertz CT molecular complexity index is 863. The third-order valence-electron chi connectivity index (χ3n) is 5.52. The van der Waals surface area contributed by atoms with E-state index in [2.05, 4.69) is 17.4 Å². The van der Waals surface area contributed by atoms with Gasteiger partial charge in [0.05, 0.1) is 6.61 Å². The lowest BCUT2D eigenvalue weighted by Gasteiger charge is -2.24. The highest BCUT2D eigenvalue weighted by atomic mass is 16.7. The van der Waals surface area contributed by atoms with E-state index in [9.17, 15) is 14.7 Å². The molecular formula is C23H25NO6. The maximum absolute atomic E-state index is 12.3. The molecule has 158 valence electrons. The minimum Gasteiger partial charge on any atom is -0.480 e. The van der Waals surface area contributed by atoms with Crippen LogP contribution in [0.1, 0.15) is 36.3 Å². The van der Waals surface area contributed by atoms with Crippen molar-refractivity contribution in [2.45, 2.75) is 37.5 Å². The minimum atomic E-state index is -1.20. The number of fused-ring (bicyclic) bond motifs is 3. The van der Waals surface area contributed by atoms with Gasteiger partial charge >= 0.3 is 12.1 Å². The number of carbonyl (C=O) groups excluding carboxylic acids is 1. The molecule has 0 aromatic heterocycles. The predicted octanol–water partition coefficient (Wildman–Crippen LogP) is 3.52. The topological polar surface area (TPSA) is 94.1 Å². The summed E-state index contributed by atoms with van der Waals surface area (Å²) in [5.74, 6) is -1.27. The fourth-order valence-electron chi connectivity index (χ4n) is 4.00. The Morgan fingerprint density at radius 2 is 1.73 bits per heavy atom. The van der Waals surface area contributed by atoms with E-state index in [4.69, 9.17) is 14.2 Å². The summed E-state index contributed by atoms with van der Waals surface area (Å²) in [5, 5.41) is 11.8. The average molecular weight is 411 g/mol. The van der Waals surface area contributed by atoms with Gasteiger partial charge in [-0.15, -0.1) is 0 Å². The fourth-order valence-corrected chi connectivity index (χ4v) is 4.00. The molecule has 7 heteroatoms. The summed E-state index contributed by atoms with van der Waals surface area (Å²) < 4.78 is 16.4. The van der Waals surface area contributed by atoms with Crippen molar-refractivity contribution < 1.29 is 28.9 Å². The molecule has 1 fully saturated rings. The summed E-state index contributed by atoms with van der Waals surface area (Å²) in [7, 11) is 0. The number of hydrogen-bond acceptors (Lipinski definition) is 5. The summed E-state index contributed by atoms with van der Waals surface area (Å²) in [4.78, 5) is 23.8. The number of carbonyl (C=O) groups is 2. The molecular weight excluding hydrogens is 386 g/mol. The van der Waals surface area contributed by atoms with Crippen LogP contribution in [-0.2, 0) is 19.0 Å². The van der Waals surface area contributed by atoms with Gasteiger partial charge in [0.1, 0.15) is 6.61 Å². The normalized spacial score (nSPS) is 18.9. The number of aliphatic carboxylic acids is 1. The molecule has 0 bridgehead atoms. The molecule has 0 radical (unpaired) electrons. The van der Waals surface area contributed by atoms with Gasteiger partial charge in [-0.2, -0.15) is 0 Å². The van der Waals surface area contributed by atoms with E-state index >= 15 is 0 Å². The van der Waals surface area contributed by atoms with Crippen LogP contribution < -0.4 is 5.32 Å². The first-order chi connectivity index (χ1) is 14.6. The van der Waals surface area contributed by atoms with Crippen LogP contribution in [-0.4, -0.2) is 49.3 Å². The molecule has 2 unspecified atom stereocenters. The third-order valence-corrected chi connectivity index (χ3v) is 5.52. The minimum absolute atomic E-state index is 0.0849. The number of ether oxygens (including phenoxy) is 3. The zero-order chi connectivity index (χ0) is 20.9. The van der Waals surface area contributed by atoms with E-state index in [1.165, 1.54) is 0 Å². The lowest BCUT2D eigenvalue weighted by atomic mass is 9.98. The number of amides is 1. The van der Waals surface area contributed by atoms with Crippen molar-refractivity contribution in [3.63, 3.8) is 0 Å². The van der Waals surface area contributed by atoms with Crippen LogP contribution in [0.15, 0.2) is 48.5 Å². The molecule has 2 aliphatic rings. The molecule has 1 aliphatic heterocycles. The molecule has 1 heterocycles. The Balaban J connectivity index is 1.35. The van der Waals surface area contributed by atoms with Crippen LogP contribution in [0.25, 0.3) is 11.1 Å². The van der Waals surface area contributed by atoms with E-state index in [0.29, 0.717) is 6.61 Å². The highest BCUT2D eigenvalue weighted by Gasteiger charge is 2.30. The molecule has 4 rings (SSSR count). The molecule has 1 amide bonds. The van der Waals surface area contributed by atoms with Crippen LogP contribution in [0, 0.1) is 0 Å². The van der Waals surface area contributed by atoms with Gasteiger partial charge in [-0.1, -0.05) is 48.5 Å². The van der Waals surface area contributed by atoms with E-state index < -0.39 is 24.4 Å². The van der Waals surface area contributed by atoms with Gasteiger partial charge in [-0.25, -0.2) is 9.59 Å². The number of nitrogens with one attached hydrogen (secondary N) is 1. The number of rotatable bonds is 7. The Hall–Kier alpha value is -2.90. The highest BCUT2D eigenvalue weighted by Crippen LogP contribution is 2.44. The quantitative estimate of drug-likeness (QED) is 0.724. The Morgan fingerprint density at radius 1 is 1.07 bits per heavy atom. The van der Waals surface area contributed by atoms with Crippen LogP contribution in [0.2, 0.25) is 0 Å². The Labute approximate surface area is 174 Å². The Morgan fingerprint density at radius 3 is 2.33 bits per heavy atom.